The van der Waals surface area contributed by atoms with Crippen molar-refractivity contribution in [3.05, 3.63) is 29.8 Å². The highest BCUT2D eigenvalue weighted by Crippen LogP contribution is 2.23. The molecule has 0 spiro atoms. The van der Waals surface area contributed by atoms with E-state index in [-0.39, 0.29) is 24.0 Å². The van der Waals surface area contributed by atoms with E-state index in [1.54, 1.807) is 7.11 Å². The predicted molar refractivity (Wildman–Crippen MR) is 135 cm³/mol. The molecule has 0 heterocycles. The fourth-order valence-electron chi connectivity index (χ4n) is 3.73. The number of ether oxygens (including phenoxy) is 1. The molecule has 2 rings (SSSR count). The summed E-state index contributed by atoms with van der Waals surface area (Å²) < 4.78 is 17.4. The molecule has 1 aromatic rings. The first kappa shape index (κ1) is 26.2. The molecule has 29 heavy (non-hydrogen) atoms. The van der Waals surface area contributed by atoms with Gasteiger partial charge in [0.15, 0.2) is 5.96 Å². The summed E-state index contributed by atoms with van der Waals surface area (Å²) in [5.74, 6) is 2.98. The van der Waals surface area contributed by atoms with Crippen LogP contribution in [0.2, 0.25) is 0 Å². The molecule has 2 N–H and O–H groups in total. The van der Waals surface area contributed by atoms with Gasteiger partial charge in [0, 0.05) is 40.9 Å². The summed E-state index contributed by atoms with van der Waals surface area (Å²) in [6.07, 6.45) is 5.33. The number of hydrogen-bond donors (Lipinski definition) is 2. The summed E-state index contributed by atoms with van der Waals surface area (Å²) in [5, 5.41) is 7.27. The fourth-order valence-corrected chi connectivity index (χ4v) is 5.08. The van der Waals surface area contributed by atoms with Crippen LogP contribution in [-0.4, -0.2) is 47.4 Å². The third-order valence-electron chi connectivity index (χ3n) is 5.48. The molecule has 0 bridgehead atoms. The fraction of sp³-hybridized carbons (Fsp3) is 0.682. The van der Waals surface area contributed by atoms with Crippen LogP contribution >= 0.6 is 24.0 Å². The maximum absolute atomic E-state index is 12.2. The second kappa shape index (κ2) is 14.2. The van der Waals surface area contributed by atoms with Crippen LogP contribution in [-0.2, 0) is 10.8 Å². The van der Waals surface area contributed by atoms with E-state index < -0.39 is 10.8 Å². The van der Waals surface area contributed by atoms with Gasteiger partial charge in [-0.05, 0) is 56.2 Å². The lowest BCUT2D eigenvalue weighted by molar-refractivity contribution is 0.413. The van der Waals surface area contributed by atoms with Gasteiger partial charge >= 0.3 is 0 Å². The molecule has 1 fully saturated rings. The summed E-state index contributed by atoms with van der Waals surface area (Å²) in [5.41, 5.74) is 1.31. The van der Waals surface area contributed by atoms with Crippen molar-refractivity contribution in [3.63, 3.8) is 0 Å². The minimum atomic E-state index is -0.697. The van der Waals surface area contributed by atoms with Gasteiger partial charge in [-0.25, -0.2) is 0 Å². The Kier molecular flexibility index (Phi) is 12.9. The van der Waals surface area contributed by atoms with Crippen molar-refractivity contribution < 1.29 is 8.95 Å². The Bertz CT molecular complexity index is 639. The molecule has 0 aliphatic heterocycles. The normalized spacial score (nSPS) is 21.6. The molecule has 4 atom stereocenters. The number of halogens is 1. The molecular formula is C22H38IN3O2S. The molecule has 7 heteroatoms. The van der Waals surface area contributed by atoms with Gasteiger partial charge in [0.2, 0.25) is 0 Å². The maximum Gasteiger partial charge on any atom is 0.191 e. The van der Waals surface area contributed by atoms with Gasteiger partial charge in [0.25, 0.3) is 0 Å². The molecule has 1 aliphatic carbocycles. The van der Waals surface area contributed by atoms with Crippen LogP contribution in [0.15, 0.2) is 29.3 Å². The van der Waals surface area contributed by atoms with Crippen molar-refractivity contribution in [2.45, 2.75) is 70.1 Å². The van der Waals surface area contributed by atoms with Crippen molar-refractivity contribution in [2.75, 3.05) is 26.0 Å². The lowest BCUT2D eigenvalue weighted by Crippen LogP contribution is -2.46. The Morgan fingerprint density at radius 1 is 1.28 bits per heavy atom. The highest BCUT2D eigenvalue weighted by atomic mass is 127. The minimum Gasteiger partial charge on any atom is -0.497 e. The van der Waals surface area contributed by atoms with Gasteiger partial charge in [-0.1, -0.05) is 32.4 Å². The first-order valence-electron chi connectivity index (χ1n) is 10.6. The number of rotatable bonds is 9. The number of guanidine groups is 1. The van der Waals surface area contributed by atoms with Crippen LogP contribution < -0.4 is 15.4 Å². The molecule has 5 nitrogen and oxygen atoms in total. The smallest absolute Gasteiger partial charge is 0.191 e. The molecule has 0 aromatic heterocycles. The second-order valence-corrected chi connectivity index (χ2v) is 9.53. The van der Waals surface area contributed by atoms with Crippen molar-refractivity contribution in [1.29, 1.82) is 0 Å². The quantitative estimate of drug-likeness (QED) is 0.279. The van der Waals surface area contributed by atoms with E-state index in [0.29, 0.717) is 17.2 Å². The van der Waals surface area contributed by atoms with Gasteiger partial charge in [0.05, 0.1) is 7.11 Å². The standard InChI is InChI=1S/C22H37N3O2S.HI/c1-5-23-22(25-19-8-7-9-21(16-19)28(26)6-2)24-15-14-17(3)18-10-12-20(27-4)13-11-18;/h10-13,17,19,21H,5-9,14-16H2,1-4H3,(H2,23,24,25);1H. The Hall–Kier alpha value is -0.830. The largest absolute Gasteiger partial charge is 0.497 e. The van der Waals surface area contributed by atoms with E-state index in [4.69, 9.17) is 9.73 Å². The zero-order valence-electron chi connectivity index (χ0n) is 18.3. The molecule has 0 amide bonds. The average molecular weight is 536 g/mol. The summed E-state index contributed by atoms with van der Waals surface area (Å²) in [4.78, 5) is 4.79. The first-order chi connectivity index (χ1) is 13.6. The summed E-state index contributed by atoms with van der Waals surface area (Å²) in [6, 6.07) is 8.66. The van der Waals surface area contributed by atoms with Crippen LogP contribution in [0.5, 0.6) is 5.75 Å². The van der Waals surface area contributed by atoms with Crippen molar-refractivity contribution in [1.82, 2.24) is 10.6 Å². The predicted octanol–water partition coefficient (Wildman–Crippen LogP) is 4.44. The third kappa shape index (κ3) is 8.82. The van der Waals surface area contributed by atoms with E-state index in [0.717, 1.165) is 62.7 Å². The van der Waals surface area contributed by atoms with Crippen LogP contribution in [0.4, 0.5) is 0 Å². The van der Waals surface area contributed by atoms with Crippen LogP contribution in [0, 0.1) is 0 Å². The number of hydrogen-bond acceptors (Lipinski definition) is 3. The molecule has 0 saturated heterocycles. The van der Waals surface area contributed by atoms with Gasteiger partial charge in [0.1, 0.15) is 5.75 Å². The molecule has 1 saturated carbocycles. The molecule has 0 radical (unpaired) electrons. The third-order valence-corrected chi connectivity index (χ3v) is 7.23. The number of benzene rings is 1. The highest BCUT2D eigenvalue weighted by Gasteiger charge is 2.26. The Morgan fingerprint density at radius 2 is 2.00 bits per heavy atom. The van der Waals surface area contributed by atoms with Crippen LogP contribution in [0.3, 0.4) is 0 Å². The summed E-state index contributed by atoms with van der Waals surface area (Å²) >= 11 is 0. The summed E-state index contributed by atoms with van der Waals surface area (Å²) in [7, 11) is 0.994. The minimum absolute atomic E-state index is 0. The lowest BCUT2D eigenvalue weighted by Gasteiger charge is -2.30. The molecule has 1 aliphatic rings. The number of nitrogens with one attached hydrogen (secondary N) is 2. The number of nitrogens with zero attached hydrogens (tertiary/aromatic N) is 1. The lowest BCUT2D eigenvalue weighted by atomic mass is 9.95. The topological polar surface area (TPSA) is 62.7 Å². The zero-order chi connectivity index (χ0) is 20.4. The summed E-state index contributed by atoms with van der Waals surface area (Å²) in [6.45, 7) is 7.97. The zero-order valence-corrected chi connectivity index (χ0v) is 21.4. The molecule has 1 aromatic carbocycles. The SMILES string of the molecule is CCNC(=NCCC(C)c1ccc(OC)cc1)NC1CCCC(S(=O)CC)C1.I. The number of aliphatic imine (C=N–C) groups is 1. The first-order valence-corrected chi connectivity index (χ1v) is 12.0. The average Bonchev–Trinajstić information content (AvgIpc) is 2.73. The highest BCUT2D eigenvalue weighted by molar-refractivity contribution is 14.0. The van der Waals surface area contributed by atoms with E-state index in [2.05, 4.69) is 36.6 Å². The molecular weight excluding hydrogens is 497 g/mol. The Labute approximate surface area is 196 Å². The van der Waals surface area contributed by atoms with Crippen LogP contribution in [0.25, 0.3) is 0 Å². The van der Waals surface area contributed by atoms with Gasteiger partial charge in [-0.2, -0.15) is 0 Å². The van der Waals surface area contributed by atoms with Gasteiger partial charge < -0.3 is 15.4 Å². The number of methoxy groups -OCH3 is 1. The van der Waals surface area contributed by atoms with E-state index in [9.17, 15) is 4.21 Å². The van der Waals surface area contributed by atoms with Crippen LogP contribution in [0.1, 0.15) is 64.4 Å². The van der Waals surface area contributed by atoms with E-state index in [1.807, 2.05) is 19.1 Å². The molecule has 4 unspecified atom stereocenters. The Morgan fingerprint density at radius 3 is 2.62 bits per heavy atom. The van der Waals surface area contributed by atoms with E-state index in [1.165, 1.54) is 5.56 Å². The molecule has 166 valence electrons. The second-order valence-electron chi connectivity index (χ2n) is 7.52. The van der Waals surface area contributed by atoms with Crippen molar-refractivity contribution in [3.8, 4) is 5.75 Å². The van der Waals surface area contributed by atoms with Gasteiger partial charge in [-0.3, -0.25) is 9.20 Å². The van der Waals surface area contributed by atoms with Crippen molar-refractivity contribution >= 4 is 40.7 Å². The Balaban J connectivity index is 0.00000420. The van der Waals surface area contributed by atoms with Crippen molar-refractivity contribution in [2.24, 2.45) is 4.99 Å². The maximum atomic E-state index is 12.2. The van der Waals surface area contributed by atoms with E-state index >= 15 is 0 Å². The van der Waals surface area contributed by atoms with Gasteiger partial charge in [-0.15, -0.1) is 24.0 Å². The monoisotopic (exact) mass is 535 g/mol.